The number of methoxy groups -OCH3 is 2. The third-order valence-corrected chi connectivity index (χ3v) is 6.97. The molecule has 2 aliphatic rings. The first-order valence-corrected chi connectivity index (χ1v) is 12.1. The van der Waals surface area contributed by atoms with Crippen molar-refractivity contribution < 1.29 is 14.3 Å². The number of ether oxygens (including phenoxy) is 2. The van der Waals surface area contributed by atoms with Crippen LogP contribution in [0.1, 0.15) is 46.8 Å². The minimum Gasteiger partial charge on any atom is -0.497 e. The van der Waals surface area contributed by atoms with Gasteiger partial charge in [-0.25, -0.2) is 5.01 Å². The normalized spacial score (nSPS) is 20.4. The van der Waals surface area contributed by atoms with Crippen molar-refractivity contribution in [2.24, 2.45) is 11.0 Å². The maximum Gasteiger partial charge on any atom is 0.274 e. The van der Waals surface area contributed by atoms with Gasteiger partial charge >= 0.3 is 0 Å². The van der Waals surface area contributed by atoms with Crippen molar-refractivity contribution in [1.29, 1.82) is 0 Å². The van der Waals surface area contributed by atoms with Crippen LogP contribution >= 0.6 is 11.6 Å². The molecule has 1 saturated carbocycles. The maximum atomic E-state index is 13.7. The molecule has 2 atom stereocenters. The quantitative estimate of drug-likeness (QED) is 0.398. The highest BCUT2D eigenvalue weighted by Gasteiger charge is 2.43. The zero-order valence-corrected chi connectivity index (χ0v) is 20.5. The van der Waals surface area contributed by atoms with E-state index in [0.717, 1.165) is 47.6 Å². The minimum atomic E-state index is -0.182. The molecule has 6 heteroatoms. The number of allylic oxidation sites excluding steroid dienone is 1. The molecule has 3 aromatic carbocycles. The Balaban J connectivity index is 1.55. The molecule has 0 radical (unpaired) electrons. The van der Waals surface area contributed by atoms with E-state index >= 15 is 0 Å². The Morgan fingerprint density at radius 2 is 1.57 bits per heavy atom. The Bertz CT molecular complexity index is 1260. The van der Waals surface area contributed by atoms with Gasteiger partial charge in [0.25, 0.3) is 5.91 Å². The van der Waals surface area contributed by atoms with E-state index in [1.807, 2.05) is 48.5 Å². The molecule has 35 heavy (non-hydrogen) atoms. The predicted molar refractivity (Wildman–Crippen MR) is 139 cm³/mol. The van der Waals surface area contributed by atoms with Crippen LogP contribution in [0.25, 0.3) is 6.08 Å². The lowest BCUT2D eigenvalue weighted by Crippen LogP contribution is -2.31. The second-order valence-corrected chi connectivity index (χ2v) is 9.24. The Morgan fingerprint density at radius 3 is 2.20 bits per heavy atom. The molecule has 1 fully saturated rings. The lowest BCUT2D eigenvalue weighted by atomic mass is 9.77. The summed E-state index contributed by atoms with van der Waals surface area (Å²) in [5.74, 6) is 1.60. The van der Waals surface area contributed by atoms with Crippen LogP contribution in [0.15, 0.2) is 83.5 Å². The molecule has 1 heterocycles. The van der Waals surface area contributed by atoms with Crippen LogP contribution in [0.3, 0.4) is 0 Å². The van der Waals surface area contributed by atoms with Gasteiger partial charge in [0, 0.05) is 16.5 Å². The van der Waals surface area contributed by atoms with Gasteiger partial charge in [-0.3, -0.25) is 4.79 Å². The molecule has 3 aromatic rings. The van der Waals surface area contributed by atoms with E-state index in [0.29, 0.717) is 10.6 Å². The smallest absolute Gasteiger partial charge is 0.274 e. The highest BCUT2D eigenvalue weighted by Crippen LogP contribution is 2.45. The van der Waals surface area contributed by atoms with E-state index in [2.05, 4.69) is 6.08 Å². The highest BCUT2D eigenvalue weighted by molar-refractivity contribution is 6.30. The Kier molecular flexibility index (Phi) is 6.60. The highest BCUT2D eigenvalue weighted by atomic mass is 35.5. The van der Waals surface area contributed by atoms with E-state index in [4.69, 9.17) is 26.2 Å². The SMILES string of the molecule is COc1ccc(/C=C2/CCC[C@@H]3C2=NN(C(=O)c2ccc(Cl)cc2)[C@@H]3c2ccc(OC)cc2)cc1. The van der Waals surface area contributed by atoms with Crippen LogP contribution in [0.2, 0.25) is 5.02 Å². The van der Waals surface area contributed by atoms with E-state index in [1.165, 1.54) is 5.57 Å². The average Bonchev–Trinajstić information content (AvgIpc) is 3.30. The van der Waals surface area contributed by atoms with E-state index in [1.54, 1.807) is 43.5 Å². The molecule has 1 amide bonds. The molecule has 178 valence electrons. The summed E-state index contributed by atoms with van der Waals surface area (Å²) in [5.41, 5.74) is 4.87. The van der Waals surface area contributed by atoms with Crippen LogP contribution < -0.4 is 9.47 Å². The number of hydrazone groups is 1. The molecule has 0 spiro atoms. The predicted octanol–water partition coefficient (Wildman–Crippen LogP) is 6.79. The van der Waals surface area contributed by atoms with Gasteiger partial charge in [-0.15, -0.1) is 0 Å². The molecule has 1 aliphatic carbocycles. The Hall–Kier alpha value is -3.57. The van der Waals surface area contributed by atoms with Crippen LogP contribution in [0, 0.1) is 5.92 Å². The summed E-state index contributed by atoms with van der Waals surface area (Å²) in [6.45, 7) is 0. The van der Waals surface area contributed by atoms with Gasteiger partial charge in [-0.1, -0.05) is 35.9 Å². The van der Waals surface area contributed by atoms with Crippen LogP contribution in [0.4, 0.5) is 0 Å². The lowest BCUT2D eigenvalue weighted by Gasteiger charge is -2.29. The number of fused-ring (bicyclic) bond motifs is 1. The number of hydrogen-bond acceptors (Lipinski definition) is 4. The average molecular weight is 487 g/mol. The zero-order valence-electron chi connectivity index (χ0n) is 19.8. The topological polar surface area (TPSA) is 51.1 Å². The van der Waals surface area contributed by atoms with E-state index in [-0.39, 0.29) is 17.9 Å². The van der Waals surface area contributed by atoms with Gasteiger partial charge < -0.3 is 9.47 Å². The number of amides is 1. The van der Waals surface area contributed by atoms with Gasteiger partial charge in [-0.05, 0) is 90.6 Å². The third kappa shape index (κ3) is 4.69. The second kappa shape index (κ2) is 9.96. The number of carbonyl (C=O) groups is 1. The molecule has 0 saturated heterocycles. The maximum absolute atomic E-state index is 13.7. The summed E-state index contributed by atoms with van der Waals surface area (Å²) in [6.07, 6.45) is 5.13. The number of nitrogens with zero attached hydrogens (tertiary/aromatic N) is 2. The van der Waals surface area contributed by atoms with Crippen LogP contribution in [0.5, 0.6) is 11.5 Å². The van der Waals surface area contributed by atoms with Crippen molar-refractivity contribution in [2.45, 2.75) is 25.3 Å². The molecular weight excluding hydrogens is 460 g/mol. The second-order valence-electron chi connectivity index (χ2n) is 8.80. The number of hydrogen-bond donors (Lipinski definition) is 0. The molecule has 0 aromatic heterocycles. The molecule has 1 aliphatic heterocycles. The standard InChI is InChI=1S/C29H27ClN2O3/c1-34-24-14-6-19(7-15-24)18-22-4-3-5-26-27(22)31-32(29(33)21-8-12-23(30)13-9-21)28(26)20-10-16-25(35-2)17-11-20/h6-18,26,28H,3-5H2,1-2H3/b22-18-/t26-,28-/m1/s1. The largest absolute Gasteiger partial charge is 0.497 e. The lowest BCUT2D eigenvalue weighted by molar-refractivity contribution is 0.0681. The van der Waals surface area contributed by atoms with Crippen molar-refractivity contribution >= 4 is 29.3 Å². The third-order valence-electron chi connectivity index (χ3n) is 6.71. The summed E-state index contributed by atoms with van der Waals surface area (Å²) >= 11 is 6.06. The minimum absolute atomic E-state index is 0.123. The van der Waals surface area contributed by atoms with Gasteiger partial charge in [0.05, 0.1) is 26.0 Å². The first-order chi connectivity index (χ1) is 17.1. The number of rotatable bonds is 5. The van der Waals surface area contributed by atoms with Crippen molar-refractivity contribution in [3.8, 4) is 11.5 Å². The molecule has 0 N–H and O–H groups in total. The van der Waals surface area contributed by atoms with Crippen molar-refractivity contribution in [1.82, 2.24) is 5.01 Å². The number of carbonyl (C=O) groups excluding carboxylic acids is 1. The van der Waals surface area contributed by atoms with Gasteiger partial charge in [-0.2, -0.15) is 5.10 Å². The van der Waals surface area contributed by atoms with Gasteiger partial charge in [0.2, 0.25) is 0 Å². The van der Waals surface area contributed by atoms with Crippen molar-refractivity contribution in [3.63, 3.8) is 0 Å². The Morgan fingerprint density at radius 1 is 0.943 bits per heavy atom. The van der Waals surface area contributed by atoms with Gasteiger partial charge in [0.15, 0.2) is 0 Å². The van der Waals surface area contributed by atoms with Crippen LogP contribution in [-0.4, -0.2) is 30.8 Å². The molecule has 0 unspecified atom stereocenters. The van der Waals surface area contributed by atoms with Crippen LogP contribution in [-0.2, 0) is 0 Å². The van der Waals surface area contributed by atoms with Crippen molar-refractivity contribution in [2.75, 3.05) is 14.2 Å². The zero-order chi connectivity index (χ0) is 24.4. The number of benzene rings is 3. The first kappa shape index (κ1) is 23.2. The summed E-state index contributed by atoms with van der Waals surface area (Å²) in [4.78, 5) is 13.7. The van der Waals surface area contributed by atoms with E-state index < -0.39 is 0 Å². The number of halogens is 1. The van der Waals surface area contributed by atoms with Gasteiger partial charge in [0.1, 0.15) is 11.5 Å². The summed E-state index contributed by atoms with van der Waals surface area (Å²) in [6, 6.07) is 22.8. The molecule has 5 rings (SSSR count). The fourth-order valence-corrected chi connectivity index (χ4v) is 5.05. The summed E-state index contributed by atoms with van der Waals surface area (Å²) in [7, 11) is 3.32. The molecule has 5 nitrogen and oxygen atoms in total. The fraction of sp³-hybridized carbons (Fsp3) is 0.241. The summed E-state index contributed by atoms with van der Waals surface area (Å²) < 4.78 is 10.6. The molecule has 0 bridgehead atoms. The first-order valence-electron chi connectivity index (χ1n) is 11.7. The molecular formula is C29H27ClN2O3. The monoisotopic (exact) mass is 486 g/mol. The fourth-order valence-electron chi connectivity index (χ4n) is 4.93. The Labute approximate surface area is 210 Å². The van der Waals surface area contributed by atoms with Crippen molar-refractivity contribution in [3.05, 3.63) is 100 Å². The van der Waals surface area contributed by atoms with E-state index in [9.17, 15) is 4.79 Å². The summed E-state index contributed by atoms with van der Waals surface area (Å²) in [5, 5.41) is 7.23.